The Morgan fingerprint density at radius 1 is 1.37 bits per heavy atom. The van der Waals surface area contributed by atoms with E-state index in [0.29, 0.717) is 18.6 Å². The molecule has 1 saturated carbocycles. The normalized spacial score (nSPS) is 23.6. The van der Waals surface area contributed by atoms with Crippen molar-refractivity contribution in [2.75, 3.05) is 0 Å². The first-order valence-electron chi connectivity index (χ1n) is 6.55. The first-order chi connectivity index (χ1) is 9.08. The smallest absolute Gasteiger partial charge is 0.308 e. The highest BCUT2D eigenvalue weighted by Crippen LogP contribution is 2.24. The number of carbonyl (C=O) groups is 2. The zero-order valence-corrected chi connectivity index (χ0v) is 10.9. The van der Waals surface area contributed by atoms with Crippen molar-refractivity contribution < 1.29 is 19.2 Å². The maximum absolute atomic E-state index is 12.0. The molecule has 0 radical (unpaired) electrons. The number of carboxylic acid groups (broad SMARTS) is 1. The minimum Gasteiger partial charge on any atom is -0.481 e. The van der Waals surface area contributed by atoms with Gasteiger partial charge in [0.2, 0.25) is 0 Å². The van der Waals surface area contributed by atoms with Crippen molar-refractivity contribution in [3.63, 3.8) is 0 Å². The van der Waals surface area contributed by atoms with Gasteiger partial charge in [0.25, 0.3) is 5.91 Å². The Bertz CT molecular complexity index is 469. The van der Waals surface area contributed by atoms with Crippen molar-refractivity contribution >= 4 is 11.9 Å². The molecule has 1 aromatic heterocycles. The number of hydrogen-bond acceptors (Lipinski definition) is 4. The second-order valence-corrected chi connectivity index (χ2v) is 4.99. The van der Waals surface area contributed by atoms with Crippen molar-refractivity contribution in [1.82, 2.24) is 10.5 Å². The van der Waals surface area contributed by atoms with Crippen LogP contribution in [0.1, 0.15) is 48.4 Å². The zero-order valence-electron chi connectivity index (χ0n) is 10.9. The molecule has 0 bridgehead atoms. The summed E-state index contributed by atoms with van der Waals surface area (Å²) in [5, 5.41) is 15.7. The third-order valence-electron chi connectivity index (χ3n) is 3.51. The Morgan fingerprint density at radius 2 is 2.11 bits per heavy atom. The molecule has 2 atom stereocenters. The van der Waals surface area contributed by atoms with Crippen LogP contribution in [0.15, 0.2) is 10.6 Å². The van der Waals surface area contributed by atoms with Gasteiger partial charge < -0.3 is 14.9 Å². The molecule has 1 fully saturated rings. The van der Waals surface area contributed by atoms with Gasteiger partial charge in [-0.2, -0.15) is 0 Å². The summed E-state index contributed by atoms with van der Waals surface area (Å²) in [7, 11) is 0. The Kier molecular flexibility index (Phi) is 4.19. The highest BCUT2D eigenvalue weighted by atomic mass is 16.5. The molecular weight excluding hydrogens is 248 g/mol. The first kappa shape index (κ1) is 13.6. The molecule has 2 rings (SSSR count). The molecule has 104 valence electrons. The van der Waals surface area contributed by atoms with Crippen LogP contribution in [0.2, 0.25) is 0 Å². The lowest BCUT2D eigenvalue weighted by molar-refractivity contribution is -0.142. The highest BCUT2D eigenvalue weighted by Gasteiger charge is 2.31. The summed E-state index contributed by atoms with van der Waals surface area (Å²) in [5.41, 5.74) is 0.200. The highest BCUT2D eigenvalue weighted by molar-refractivity contribution is 5.92. The molecule has 1 aliphatic carbocycles. The standard InChI is InChI=1S/C13H18N2O4/c1-8-7-11(15-19-8)12(16)14-10-6-4-2-3-5-9(10)13(17)18/h7,9-10H,2-6H2,1H3,(H,14,16)(H,17,18)/t9-,10+/m0/s1. The van der Waals surface area contributed by atoms with Gasteiger partial charge in [-0.1, -0.05) is 24.4 Å². The van der Waals surface area contributed by atoms with E-state index in [2.05, 4.69) is 10.5 Å². The van der Waals surface area contributed by atoms with Crippen molar-refractivity contribution in [3.8, 4) is 0 Å². The summed E-state index contributed by atoms with van der Waals surface area (Å²) in [5.74, 6) is -1.17. The van der Waals surface area contributed by atoms with Crippen LogP contribution in [0.4, 0.5) is 0 Å². The number of nitrogens with one attached hydrogen (secondary N) is 1. The molecule has 6 nitrogen and oxygen atoms in total. The van der Waals surface area contributed by atoms with E-state index in [0.717, 1.165) is 19.3 Å². The van der Waals surface area contributed by atoms with Gasteiger partial charge in [-0.05, 0) is 19.8 Å². The number of carboxylic acids is 1. The lowest BCUT2D eigenvalue weighted by Gasteiger charge is -2.22. The molecule has 2 N–H and O–H groups in total. The summed E-state index contributed by atoms with van der Waals surface area (Å²) in [4.78, 5) is 23.2. The summed E-state index contributed by atoms with van der Waals surface area (Å²) in [6.07, 6.45) is 4.15. The van der Waals surface area contributed by atoms with Crippen LogP contribution < -0.4 is 5.32 Å². The van der Waals surface area contributed by atoms with Gasteiger partial charge in [0.05, 0.1) is 5.92 Å². The lowest BCUT2D eigenvalue weighted by Crippen LogP contribution is -2.42. The van der Waals surface area contributed by atoms with E-state index in [1.54, 1.807) is 13.0 Å². The van der Waals surface area contributed by atoms with Crippen LogP contribution in [-0.4, -0.2) is 28.2 Å². The molecule has 0 saturated heterocycles. The quantitative estimate of drug-likeness (QED) is 0.813. The molecule has 0 spiro atoms. The van der Waals surface area contributed by atoms with E-state index in [1.165, 1.54) is 0 Å². The minimum atomic E-state index is -0.844. The van der Waals surface area contributed by atoms with Crippen LogP contribution in [0.3, 0.4) is 0 Å². The third kappa shape index (κ3) is 3.33. The summed E-state index contributed by atoms with van der Waals surface area (Å²) < 4.78 is 4.85. The summed E-state index contributed by atoms with van der Waals surface area (Å²) in [6.45, 7) is 1.70. The fraction of sp³-hybridized carbons (Fsp3) is 0.615. The fourth-order valence-corrected chi connectivity index (χ4v) is 2.49. The van der Waals surface area contributed by atoms with E-state index in [1.807, 2.05) is 0 Å². The number of aromatic nitrogens is 1. The average Bonchev–Trinajstić information content (AvgIpc) is 2.65. The Hall–Kier alpha value is -1.85. The van der Waals surface area contributed by atoms with Crippen molar-refractivity contribution in [3.05, 3.63) is 17.5 Å². The number of carbonyl (C=O) groups excluding carboxylic acids is 1. The number of nitrogens with zero attached hydrogens (tertiary/aromatic N) is 1. The maximum Gasteiger partial charge on any atom is 0.308 e. The molecule has 0 aliphatic heterocycles. The summed E-state index contributed by atoms with van der Waals surface area (Å²) in [6, 6.07) is 1.21. The van der Waals surface area contributed by atoms with E-state index in [4.69, 9.17) is 4.52 Å². The van der Waals surface area contributed by atoms with Crippen LogP contribution in [0, 0.1) is 12.8 Å². The average molecular weight is 266 g/mol. The largest absolute Gasteiger partial charge is 0.481 e. The van der Waals surface area contributed by atoms with Gasteiger partial charge in [0.1, 0.15) is 5.76 Å². The summed E-state index contributed by atoms with van der Waals surface area (Å²) >= 11 is 0. The number of aryl methyl sites for hydroxylation is 1. The van der Waals surface area contributed by atoms with E-state index < -0.39 is 11.9 Å². The number of rotatable bonds is 3. The second kappa shape index (κ2) is 5.86. The van der Waals surface area contributed by atoms with E-state index in [9.17, 15) is 14.7 Å². The van der Waals surface area contributed by atoms with Gasteiger partial charge in [-0.15, -0.1) is 0 Å². The van der Waals surface area contributed by atoms with Gasteiger partial charge in [-0.25, -0.2) is 0 Å². The predicted molar refractivity (Wildman–Crippen MR) is 66.7 cm³/mol. The Balaban J connectivity index is 2.06. The third-order valence-corrected chi connectivity index (χ3v) is 3.51. The minimum absolute atomic E-state index is 0.200. The monoisotopic (exact) mass is 266 g/mol. The topological polar surface area (TPSA) is 92.4 Å². The van der Waals surface area contributed by atoms with Crippen LogP contribution in [-0.2, 0) is 4.79 Å². The van der Waals surface area contributed by atoms with Gasteiger partial charge >= 0.3 is 5.97 Å². The first-order valence-corrected chi connectivity index (χ1v) is 6.55. The van der Waals surface area contributed by atoms with Crippen LogP contribution in [0.5, 0.6) is 0 Å². The molecule has 1 amide bonds. The van der Waals surface area contributed by atoms with Crippen molar-refractivity contribution in [1.29, 1.82) is 0 Å². The fourth-order valence-electron chi connectivity index (χ4n) is 2.49. The second-order valence-electron chi connectivity index (χ2n) is 4.99. The van der Waals surface area contributed by atoms with Crippen molar-refractivity contribution in [2.24, 2.45) is 5.92 Å². The molecule has 1 aliphatic rings. The lowest BCUT2D eigenvalue weighted by atomic mass is 9.95. The molecule has 19 heavy (non-hydrogen) atoms. The van der Waals surface area contributed by atoms with Gasteiger partial charge in [0, 0.05) is 12.1 Å². The van der Waals surface area contributed by atoms with E-state index in [-0.39, 0.29) is 17.6 Å². The molecule has 1 heterocycles. The SMILES string of the molecule is Cc1cc(C(=O)N[C@@H]2CCCCC[C@@H]2C(=O)O)no1. The molecule has 6 heteroatoms. The number of hydrogen-bond donors (Lipinski definition) is 2. The van der Waals surface area contributed by atoms with Gasteiger partial charge in [0.15, 0.2) is 5.69 Å². The maximum atomic E-state index is 12.0. The van der Waals surface area contributed by atoms with Gasteiger partial charge in [-0.3, -0.25) is 9.59 Å². The van der Waals surface area contributed by atoms with Crippen molar-refractivity contribution in [2.45, 2.75) is 45.1 Å². The van der Waals surface area contributed by atoms with E-state index >= 15 is 0 Å². The molecule has 0 unspecified atom stereocenters. The Morgan fingerprint density at radius 3 is 2.74 bits per heavy atom. The molecular formula is C13H18N2O4. The van der Waals surface area contributed by atoms with Crippen LogP contribution in [0.25, 0.3) is 0 Å². The Labute approximate surface area is 111 Å². The molecule has 0 aromatic carbocycles. The number of aliphatic carboxylic acids is 1. The van der Waals surface area contributed by atoms with Crippen LogP contribution >= 0.6 is 0 Å². The predicted octanol–water partition coefficient (Wildman–Crippen LogP) is 1.75. The zero-order chi connectivity index (χ0) is 13.8. The number of amides is 1. The molecule has 1 aromatic rings.